The minimum atomic E-state index is -3.95. The minimum Gasteiger partial charge on any atom is -0.291 e. The predicted molar refractivity (Wildman–Crippen MR) is 139 cm³/mol. The SMILES string of the molecule is O=C(c1ccccn1)[C@]12Cc3cnn(-c4ccc(F)cc4)c3C=C1CCN(S(=O)(=O)c1ccc(Cl)nc1)C2. The normalized spacial score (nSPS) is 19.4. The first-order valence-corrected chi connectivity index (χ1v) is 13.7. The van der Waals surface area contributed by atoms with E-state index in [1.54, 1.807) is 47.4 Å². The molecule has 0 saturated carbocycles. The van der Waals surface area contributed by atoms with Crippen LogP contribution in [-0.2, 0) is 16.4 Å². The lowest BCUT2D eigenvalue weighted by molar-refractivity contribution is 0.0770. The number of aromatic nitrogens is 4. The van der Waals surface area contributed by atoms with E-state index in [0.717, 1.165) is 16.8 Å². The van der Waals surface area contributed by atoms with Crippen LogP contribution < -0.4 is 0 Å². The molecule has 0 amide bonds. The van der Waals surface area contributed by atoms with Gasteiger partial charge in [0.15, 0.2) is 5.78 Å². The number of sulfonamides is 1. The topological polar surface area (TPSA) is 98.0 Å². The van der Waals surface area contributed by atoms with Gasteiger partial charge in [0.1, 0.15) is 21.6 Å². The first kappa shape index (κ1) is 24.6. The Morgan fingerprint density at radius 1 is 1.03 bits per heavy atom. The highest BCUT2D eigenvalue weighted by Gasteiger charge is 2.51. The molecular formula is C27H21ClFN5O3S. The molecule has 8 nitrogen and oxygen atoms in total. The van der Waals surface area contributed by atoms with Crippen molar-refractivity contribution in [3.8, 4) is 5.69 Å². The standard InChI is InChI=1S/C27H21ClFN5O3S/c28-25-9-8-22(16-31-25)38(36,37)33-12-10-19-13-24-18(15-32-34(24)21-6-4-20(29)5-7-21)14-27(19,17-33)26(35)23-3-1-2-11-30-23/h1-9,11,13,15-16H,10,12,14,17H2/t27-/m0/s1. The van der Waals surface area contributed by atoms with E-state index in [1.807, 2.05) is 6.08 Å². The van der Waals surface area contributed by atoms with Crippen LogP contribution in [-0.4, -0.2) is 51.3 Å². The average molecular weight is 550 g/mol. The number of pyridine rings is 2. The van der Waals surface area contributed by atoms with Gasteiger partial charge in [-0.15, -0.1) is 0 Å². The Morgan fingerprint density at radius 3 is 2.55 bits per heavy atom. The summed E-state index contributed by atoms with van der Waals surface area (Å²) in [5, 5.41) is 4.70. The number of piperidine rings is 1. The Bertz CT molecular complexity index is 1670. The highest BCUT2D eigenvalue weighted by atomic mass is 35.5. The molecule has 11 heteroatoms. The molecule has 4 heterocycles. The largest absolute Gasteiger partial charge is 0.291 e. The molecular weight excluding hydrogens is 529 g/mol. The number of carbonyl (C=O) groups is 1. The van der Waals surface area contributed by atoms with E-state index in [2.05, 4.69) is 15.1 Å². The fraction of sp³-hybridized carbons (Fsp3) is 0.185. The van der Waals surface area contributed by atoms with Crippen LogP contribution in [0.4, 0.5) is 4.39 Å². The Kier molecular flexibility index (Phi) is 5.97. The summed E-state index contributed by atoms with van der Waals surface area (Å²) in [6, 6.07) is 13.9. The lowest BCUT2D eigenvalue weighted by Crippen LogP contribution is -2.53. The Morgan fingerprint density at radius 2 is 1.84 bits per heavy atom. The van der Waals surface area contributed by atoms with Crippen LogP contribution in [0.5, 0.6) is 0 Å². The number of carbonyl (C=O) groups excluding carboxylic acids is 1. The summed E-state index contributed by atoms with van der Waals surface area (Å²) < 4.78 is 43.7. The predicted octanol–water partition coefficient (Wildman–Crippen LogP) is 4.36. The van der Waals surface area contributed by atoms with Gasteiger partial charge in [-0.2, -0.15) is 9.40 Å². The maximum absolute atomic E-state index is 14.1. The van der Waals surface area contributed by atoms with Crippen LogP contribution in [0, 0.1) is 11.2 Å². The number of benzene rings is 1. The molecule has 4 aromatic rings. The van der Waals surface area contributed by atoms with E-state index >= 15 is 0 Å². The zero-order valence-corrected chi connectivity index (χ0v) is 21.5. The van der Waals surface area contributed by atoms with Crippen molar-refractivity contribution in [3.05, 3.63) is 107 Å². The van der Waals surface area contributed by atoms with Crippen molar-refractivity contribution in [1.82, 2.24) is 24.1 Å². The fourth-order valence-corrected chi connectivity index (χ4v) is 6.77. The molecule has 3 aromatic heterocycles. The summed E-state index contributed by atoms with van der Waals surface area (Å²) >= 11 is 5.87. The summed E-state index contributed by atoms with van der Waals surface area (Å²) in [4.78, 5) is 22.3. The minimum absolute atomic E-state index is 0.00962. The first-order chi connectivity index (χ1) is 18.3. The molecule has 1 atom stereocenters. The molecule has 38 heavy (non-hydrogen) atoms. The molecule has 1 saturated heterocycles. The van der Waals surface area contributed by atoms with Crippen LogP contribution in [0.25, 0.3) is 11.8 Å². The molecule has 6 rings (SSSR count). The van der Waals surface area contributed by atoms with Crippen LogP contribution in [0.2, 0.25) is 5.15 Å². The second-order valence-corrected chi connectivity index (χ2v) is 11.6. The van der Waals surface area contributed by atoms with Gasteiger partial charge in [-0.25, -0.2) is 22.5 Å². The zero-order chi connectivity index (χ0) is 26.5. The Balaban J connectivity index is 1.45. The van der Waals surface area contributed by atoms with Gasteiger partial charge in [0.25, 0.3) is 0 Å². The number of hydrogen-bond acceptors (Lipinski definition) is 6. The molecule has 0 radical (unpaired) electrons. The van der Waals surface area contributed by atoms with Crippen molar-refractivity contribution in [3.63, 3.8) is 0 Å². The van der Waals surface area contributed by atoms with Crippen molar-refractivity contribution in [2.75, 3.05) is 13.1 Å². The number of rotatable bonds is 5. The molecule has 1 aromatic carbocycles. The molecule has 2 aliphatic rings. The molecule has 0 unspecified atom stereocenters. The van der Waals surface area contributed by atoms with E-state index < -0.39 is 15.4 Å². The maximum Gasteiger partial charge on any atom is 0.244 e. The lowest BCUT2D eigenvalue weighted by Gasteiger charge is -2.44. The van der Waals surface area contributed by atoms with E-state index in [9.17, 15) is 17.6 Å². The molecule has 1 aliphatic carbocycles. The van der Waals surface area contributed by atoms with Crippen molar-refractivity contribution in [1.29, 1.82) is 0 Å². The first-order valence-electron chi connectivity index (χ1n) is 11.9. The van der Waals surface area contributed by atoms with Crippen molar-refractivity contribution in [2.45, 2.75) is 17.7 Å². The zero-order valence-electron chi connectivity index (χ0n) is 20.0. The Hall–Kier alpha value is -3.73. The van der Waals surface area contributed by atoms with Crippen LogP contribution >= 0.6 is 11.6 Å². The number of Topliss-reactive ketones (excluding diaryl/α,β-unsaturated/α-hetero) is 1. The molecule has 1 fully saturated rings. The fourth-order valence-electron chi connectivity index (χ4n) is 5.22. The monoisotopic (exact) mass is 549 g/mol. The van der Waals surface area contributed by atoms with Crippen LogP contribution in [0.3, 0.4) is 0 Å². The van der Waals surface area contributed by atoms with Crippen LogP contribution in [0.1, 0.15) is 28.2 Å². The van der Waals surface area contributed by atoms with Crippen molar-refractivity contribution in [2.24, 2.45) is 5.41 Å². The van der Waals surface area contributed by atoms with Gasteiger partial charge in [-0.05, 0) is 73.0 Å². The summed E-state index contributed by atoms with van der Waals surface area (Å²) in [6.07, 6.45) is 6.95. The second kappa shape index (κ2) is 9.23. The smallest absolute Gasteiger partial charge is 0.244 e. The Labute approximate surface area is 223 Å². The van der Waals surface area contributed by atoms with Crippen molar-refractivity contribution < 1.29 is 17.6 Å². The molecule has 0 N–H and O–H groups in total. The van der Waals surface area contributed by atoms with Gasteiger partial charge in [-0.3, -0.25) is 9.78 Å². The van der Waals surface area contributed by atoms with Gasteiger partial charge < -0.3 is 0 Å². The summed E-state index contributed by atoms with van der Waals surface area (Å²) in [7, 11) is -3.95. The third-order valence-corrected chi connectivity index (χ3v) is 9.17. The van der Waals surface area contributed by atoms with Crippen molar-refractivity contribution >= 4 is 33.5 Å². The highest BCUT2D eigenvalue weighted by molar-refractivity contribution is 7.89. The summed E-state index contributed by atoms with van der Waals surface area (Å²) in [5.74, 6) is -0.601. The quantitative estimate of drug-likeness (QED) is 0.271. The molecule has 0 spiro atoms. The molecule has 1 aliphatic heterocycles. The number of ketones is 1. The van der Waals surface area contributed by atoms with Crippen LogP contribution in [0.15, 0.2) is 83.7 Å². The average Bonchev–Trinajstić information content (AvgIpc) is 3.34. The van der Waals surface area contributed by atoms with E-state index in [1.165, 1.54) is 34.8 Å². The number of fused-ring (bicyclic) bond motifs is 2. The molecule has 192 valence electrons. The van der Waals surface area contributed by atoms with E-state index in [4.69, 9.17) is 11.6 Å². The number of nitrogens with zero attached hydrogens (tertiary/aromatic N) is 5. The van der Waals surface area contributed by atoms with E-state index in [-0.39, 0.29) is 46.9 Å². The maximum atomic E-state index is 14.1. The number of hydrogen-bond donors (Lipinski definition) is 0. The highest BCUT2D eigenvalue weighted by Crippen LogP contribution is 2.47. The summed E-state index contributed by atoms with van der Waals surface area (Å²) in [5.41, 5.74) is 2.17. The van der Waals surface area contributed by atoms with Gasteiger partial charge in [0.2, 0.25) is 10.0 Å². The molecule has 0 bridgehead atoms. The van der Waals surface area contributed by atoms with Gasteiger partial charge in [0, 0.05) is 25.5 Å². The van der Waals surface area contributed by atoms with Gasteiger partial charge >= 0.3 is 0 Å². The summed E-state index contributed by atoms with van der Waals surface area (Å²) in [6.45, 7) is 0.133. The van der Waals surface area contributed by atoms with E-state index in [0.29, 0.717) is 12.1 Å². The van der Waals surface area contributed by atoms with Gasteiger partial charge in [-0.1, -0.05) is 23.2 Å². The number of halogens is 2. The third kappa shape index (κ3) is 4.05. The lowest BCUT2D eigenvalue weighted by atomic mass is 9.65. The third-order valence-electron chi connectivity index (χ3n) is 7.12. The second-order valence-electron chi connectivity index (χ2n) is 9.32. The van der Waals surface area contributed by atoms with Gasteiger partial charge in [0.05, 0.1) is 23.0 Å².